The van der Waals surface area contributed by atoms with Crippen molar-refractivity contribution in [1.29, 1.82) is 0 Å². The molecule has 1 saturated heterocycles. The first-order valence-electron chi connectivity index (χ1n) is 10.5. The maximum Gasteiger partial charge on any atom is 0.275 e. The van der Waals surface area contributed by atoms with Crippen molar-refractivity contribution >= 4 is 5.91 Å². The van der Waals surface area contributed by atoms with Gasteiger partial charge in [-0.3, -0.25) is 4.79 Å². The second-order valence-electron chi connectivity index (χ2n) is 8.08. The van der Waals surface area contributed by atoms with Crippen molar-refractivity contribution in [3.05, 3.63) is 59.7 Å². The summed E-state index contributed by atoms with van der Waals surface area (Å²) in [5.74, 6) is 1.60. The summed E-state index contributed by atoms with van der Waals surface area (Å²) in [4.78, 5) is 15.4. The number of amides is 1. The number of rotatable bonds is 6. The van der Waals surface area contributed by atoms with E-state index < -0.39 is 0 Å². The van der Waals surface area contributed by atoms with E-state index in [4.69, 9.17) is 9.47 Å². The molecule has 1 atom stereocenters. The third-order valence-electron chi connectivity index (χ3n) is 5.87. The zero-order valence-electron chi connectivity index (χ0n) is 17.1. The fourth-order valence-electron chi connectivity index (χ4n) is 4.07. The maximum absolute atomic E-state index is 12.4. The van der Waals surface area contributed by atoms with E-state index in [-0.39, 0.29) is 12.0 Å². The van der Waals surface area contributed by atoms with Crippen LogP contribution in [-0.4, -0.2) is 57.9 Å². The van der Waals surface area contributed by atoms with E-state index in [1.54, 1.807) is 4.90 Å². The van der Waals surface area contributed by atoms with Crippen molar-refractivity contribution in [2.45, 2.75) is 19.6 Å². The van der Waals surface area contributed by atoms with Crippen molar-refractivity contribution in [2.24, 2.45) is 0 Å². The molecule has 0 unspecified atom stereocenters. The van der Waals surface area contributed by atoms with Crippen LogP contribution in [0.15, 0.2) is 48.5 Å². The summed E-state index contributed by atoms with van der Waals surface area (Å²) in [6.45, 7) is 9.00. The van der Waals surface area contributed by atoms with Gasteiger partial charge in [0.15, 0.2) is 18.0 Å². The molecule has 0 saturated carbocycles. The summed E-state index contributed by atoms with van der Waals surface area (Å²) >= 11 is 0. The molecule has 6 heteroatoms. The predicted octanol–water partition coefficient (Wildman–Crippen LogP) is -0.765. The van der Waals surface area contributed by atoms with Crippen molar-refractivity contribution in [2.75, 3.05) is 45.9 Å². The Morgan fingerprint density at radius 2 is 1.69 bits per heavy atom. The standard InChI is InChI=1S/C23H29N3O3/c1-18-6-2-3-7-19(18)15-25-10-12-26(13-11-25)16-23(27)24-14-20-17-28-21-8-4-5-9-22(21)29-20/h2-9,20H,10-17H2,1H3,(H,24,27)/p+2/t20-/m0/s1. The van der Waals surface area contributed by atoms with Gasteiger partial charge in [-0.15, -0.1) is 0 Å². The molecule has 3 N–H and O–H groups in total. The van der Waals surface area contributed by atoms with E-state index >= 15 is 0 Å². The van der Waals surface area contributed by atoms with Crippen molar-refractivity contribution < 1.29 is 24.1 Å². The lowest BCUT2D eigenvalue weighted by Crippen LogP contribution is -3.28. The Labute approximate surface area is 172 Å². The van der Waals surface area contributed by atoms with E-state index in [0.717, 1.165) is 44.2 Å². The second-order valence-corrected chi connectivity index (χ2v) is 8.08. The van der Waals surface area contributed by atoms with Gasteiger partial charge in [0.05, 0.1) is 6.54 Å². The Hall–Kier alpha value is -2.57. The van der Waals surface area contributed by atoms with E-state index in [9.17, 15) is 4.79 Å². The normalized spacial score (nSPS) is 23.4. The van der Waals surface area contributed by atoms with Gasteiger partial charge in [-0.25, -0.2) is 0 Å². The molecule has 4 rings (SSSR count). The zero-order chi connectivity index (χ0) is 20.1. The largest absolute Gasteiger partial charge is 0.486 e. The number of hydrogen-bond acceptors (Lipinski definition) is 3. The van der Waals surface area contributed by atoms with Crippen LogP contribution in [0.2, 0.25) is 0 Å². The SMILES string of the molecule is Cc1ccccc1C[NH+]1CC[NH+](CC(=O)NC[C@H]2COc3ccccc3O2)CC1. The number of para-hydroxylation sites is 2. The van der Waals surface area contributed by atoms with Gasteiger partial charge in [-0.2, -0.15) is 0 Å². The van der Waals surface area contributed by atoms with Crippen LogP contribution in [0.3, 0.4) is 0 Å². The van der Waals surface area contributed by atoms with Gasteiger partial charge in [-0.05, 0) is 24.6 Å². The average molecular weight is 398 g/mol. The predicted molar refractivity (Wildman–Crippen MR) is 111 cm³/mol. The van der Waals surface area contributed by atoms with Crippen LogP contribution in [0.25, 0.3) is 0 Å². The summed E-state index contributed by atoms with van der Waals surface area (Å²) in [7, 11) is 0. The summed E-state index contributed by atoms with van der Waals surface area (Å²) in [5.41, 5.74) is 2.80. The van der Waals surface area contributed by atoms with E-state index in [1.165, 1.54) is 16.0 Å². The number of carbonyl (C=O) groups excluding carboxylic acids is 1. The molecule has 1 fully saturated rings. The van der Waals surface area contributed by atoms with Gasteiger partial charge in [0.2, 0.25) is 0 Å². The fraction of sp³-hybridized carbons (Fsp3) is 0.435. The molecule has 2 heterocycles. The number of hydrogen-bond donors (Lipinski definition) is 3. The van der Waals surface area contributed by atoms with E-state index in [2.05, 4.69) is 36.5 Å². The lowest BCUT2D eigenvalue weighted by molar-refractivity contribution is -1.02. The minimum absolute atomic E-state index is 0.0878. The molecule has 0 aromatic heterocycles. The summed E-state index contributed by atoms with van der Waals surface area (Å²) < 4.78 is 11.6. The van der Waals surface area contributed by atoms with Gasteiger partial charge in [0.1, 0.15) is 45.4 Å². The maximum atomic E-state index is 12.4. The molecular weight excluding hydrogens is 366 g/mol. The summed E-state index contributed by atoms with van der Waals surface area (Å²) in [6, 6.07) is 16.3. The Morgan fingerprint density at radius 3 is 2.48 bits per heavy atom. The number of quaternary nitrogens is 2. The Balaban J connectivity index is 1.16. The average Bonchev–Trinajstić information content (AvgIpc) is 2.75. The van der Waals surface area contributed by atoms with Gasteiger partial charge >= 0.3 is 0 Å². The first-order valence-corrected chi connectivity index (χ1v) is 10.5. The van der Waals surface area contributed by atoms with Crippen LogP contribution < -0.4 is 24.6 Å². The number of ether oxygens (including phenoxy) is 2. The molecule has 6 nitrogen and oxygen atoms in total. The molecule has 2 aromatic rings. The highest BCUT2D eigenvalue weighted by molar-refractivity contribution is 5.76. The van der Waals surface area contributed by atoms with Gasteiger partial charge in [0.25, 0.3) is 5.91 Å². The number of benzene rings is 2. The van der Waals surface area contributed by atoms with Crippen molar-refractivity contribution in [3.63, 3.8) is 0 Å². The highest BCUT2D eigenvalue weighted by atomic mass is 16.6. The molecular formula is C23H31N3O3+2. The molecule has 1 amide bonds. The van der Waals surface area contributed by atoms with Crippen LogP contribution in [0, 0.1) is 6.92 Å². The number of fused-ring (bicyclic) bond motifs is 1. The van der Waals surface area contributed by atoms with Gasteiger partial charge < -0.3 is 24.6 Å². The Morgan fingerprint density at radius 1 is 1.00 bits per heavy atom. The van der Waals surface area contributed by atoms with Crippen molar-refractivity contribution in [3.8, 4) is 11.5 Å². The smallest absolute Gasteiger partial charge is 0.275 e. The molecule has 2 aliphatic rings. The molecule has 0 bridgehead atoms. The molecule has 0 radical (unpaired) electrons. The molecule has 29 heavy (non-hydrogen) atoms. The molecule has 154 valence electrons. The summed E-state index contributed by atoms with van der Waals surface area (Å²) in [6.07, 6.45) is -0.140. The third kappa shape index (κ3) is 5.28. The van der Waals surface area contributed by atoms with E-state index in [0.29, 0.717) is 19.7 Å². The molecule has 0 aliphatic carbocycles. The number of nitrogens with one attached hydrogen (secondary N) is 3. The number of piperazine rings is 1. The van der Waals surface area contributed by atoms with Gasteiger partial charge in [0, 0.05) is 5.56 Å². The quantitative estimate of drug-likeness (QED) is 0.600. The topological polar surface area (TPSA) is 56.4 Å². The first kappa shape index (κ1) is 19.7. The summed E-state index contributed by atoms with van der Waals surface area (Å²) in [5, 5.41) is 3.02. The lowest BCUT2D eigenvalue weighted by atomic mass is 10.1. The van der Waals surface area contributed by atoms with Crippen LogP contribution in [0.1, 0.15) is 11.1 Å². The molecule has 2 aromatic carbocycles. The van der Waals surface area contributed by atoms with Crippen LogP contribution in [0.5, 0.6) is 11.5 Å². The fourth-order valence-corrected chi connectivity index (χ4v) is 4.07. The van der Waals surface area contributed by atoms with Gasteiger partial charge in [-0.1, -0.05) is 36.4 Å². The monoisotopic (exact) mass is 397 g/mol. The highest BCUT2D eigenvalue weighted by Crippen LogP contribution is 2.30. The van der Waals surface area contributed by atoms with Crippen molar-refractivity contribution in [1.82, 2.24) is 5.32 Å². The minimum Gasteiger partial charge on any atom is -0.486 e. The number of aryl methyl sites for hydroxylation is 1. The first-order chi connectivity index (χ1) is 14.2. The highest BCUT2D eigenvalue weighted by Gasteiger charge is 2.26. The minimum atomic E-state index is -0.140. The Bertz CT molecular complexity index is 834. The molecule has 0 spiro atoms. The van der Waals surface area contributed by atoms with Crippen LogP contribution in [-0.2, 0) is 11.3 Å². The molecule has 2 aliphatic heterocycles. The second kappa shape index (κ2) is 9.29. The zero-order valence-corrected chi connectivity index (χ0v) is 17.1. The third-order valence-corrected chi connectivity index (χ3v) is 5.87. The van der Waals surface area contributed by atoms with Crippen LogP contribution >= 0.6 is 0 Å². The number of carbonyl (C=O) groups is 1. The lowest BCUT2D eigenvalue weighted by Gasteiger charge is -2.30. The van der Waals surface area contributed by atoms with Crippen LogP contribution in [0.4, 0.5) is 0 Å². The van der Waals surface area contributed by atoms with E-state index in [1.807, 2.05) is 24.3 Å². The Kier molecular flexibility index (Phi) is 6.32.